The highest BCUT2D eigenvalue weighted by atomic mass is 31.2. The van der Waals surface area contributed by atoms with Crippen LogP contribution in [-0.4, -0.2) is 70.7 Å². The molecule has 9 heteroatoms. The van der Waals surface area contributed by atoms with E-state index in [2.05, 4.69) is 62.5 Å². The number of esters is 1. The zero-order valence-corrected chi connectivity index (χ0v) is 45.0. The van der Waals surface area contributed by atoms with Gasteiger partial charge in [0.2, 0.25) is 0 Å². The van der Waals surface area contributed by atoms with Crippen LogP contribution in [0.5, 0.6) is 0 Å². The zero-order chi connectivity index (χ0) is 48.3. The molecule has 0 spiro atoms. The summed E-state index contributed by atoms with van der Waals surface area (Å²) < 4.78 is 34.8. The van der Waals surface area contributed by atoms with Crippen molar-refractivity contribution in [3.05, 3.63) is 48.6 Å². The smallest absolute Gasteiger partial charge is 0.306 e. The third-order valence-corrected chi connectivity index (χ3v) is 13.1. The third-order valence-electron chi connectivity index (χ3n) is 12.1. The molecule has 0 radical (unpaired) electrons. The molecule has 0 aromatic carbocycles. The molecule has 0 saturated carbocycles. The maximum Gasteiger partial charge on any atom is 0.306 e. The van der Waals surface area contributed by atoms with Gasteiger partial charge in [-0.1, -0.05) is 242 Å². The number of hydrogen-bond donors (Lipinski definition) is 0. The van der Waals surface area contributed by atoms with Crippen LogP contribution in [0.1, 0.15) is 251 Å². The van der Waals surface area contributed by atoms with Crippen LogP contribution >= 0.6 is 7.82 Å². The number of allylic oxidation sites excluding steroid dienone is 8. The van der Waals surface area contributed by atoms with E-state index in [4.69, 9.17) is 18.5 Å². The van der Waals surface area contributed by atoms with Crippen molar-refractivity contribution in [2.45, 2.75) is 258 Å². The fourth-order valence-corrected chi connectivity index (χ4v) is 8.62. The second kappa shape index (κ2) is 49.9. The first kappa shape index (κ1) is 64.5. The zero-order valence-electron chi connectivity index (χ0n) is 44.1. The van der Waals surface area contributed by atoms with Gasteiger partial charge < -0.3 is 27.9 Å². The molecule has 0 rings (SSSR count). The van der Waals surface area contributed by atoms with Crippen LogP contribution in [0.3, 0.4) is 0 Å². The van der Waals surface area contributed by atoms with E-state index in [0.717, 1.165) is 64.2 Å². The number of phosphoric ester groups is 1. The summed E-state index contributed by atoms with van der Waals surface area (Å²) >= 11 is 0. The van der Waals surface area contributed by atoms with Crippen LogP contribution < -0.4 is 4.89 Å². The molecule has 388 valence electrons. The van der Waals surface area contributed by atoms with Crippen molar-refractivity contribution in [1.29, 1.82) is 0 Å². The summed E-state index contributed by atoms with van der Waals surface area (Å²) in [6.45, 7) is 5.34. The molecule has 0 heterocycles. The number of rotatable bonds is 52. The Morgan fingerprint density at radius 3 is 1.32 bits per heavy atom. The molecule has 2 unspecified atom stereocenters. The predicted molar refractivity (Wildman–Crippen MR) is 282 cm³/mol. The maximum absolute atomic E-state index is 12.8. The first-order valence-corrected chi connectivity index (χ1v) is 29.3. The molecule has 0 aliphatic heterocycles. The summed E-state index contributed by atoms with van der Waals surface area (Å²) in [6, 6.07) is 0. The Morgan fingerprint density at radius 1 is 0.485 bits per heavy atom. The van der Waals surface area contributed by atoms with Gasteiger partial charge in [0, 0.05) is 13.0 Å². The highest BCUT2D eigenvalue weighted by molar-refractivity contribution is 7.45. The van der Waals surface area contributed by atoms with Gasteiger partial charge in [0.1, 0.15) is 19.3 Å². The molecular formula is C57H108NO7P. The van der Waals surface area contributed by atoms with Crippen LogP contribution in [0.2, 0.25) is 0 Å². The molecule has 0 saturated heterocycles. The molecule has 0 aliphatic carbocycles. The van der Waals surface area contributed by atoms with Crippen molar-refractivity contribution in [2.75, 3.05) is 54.1 Å². The lowest BCUT2D eigenvalue weighted by Gasteiger charge is -2.28. The average Bonchev–Trinajstić information content (AvgIpc) is 3.28. The van der Waals surface area contributed by atoms with Crippen LogP contribution in [0, 0.1) is 0 Å². The van der Waals surface area contributed by atoms with Crippen LogP contribution in [0.4, 0.5) is 0 Å². The normalized spacial score (nSPS) is 13.8. The molecule has 0 fully saturated rings. The van der Waals surface area contributed by atoms with Gasteiger partial charge in [0.15, 0.2) is 0 Å². The van der Waals surface area contributed by atoms with Crippen LogP contribution in [0.25, 0.3) is 0 Å². The average molecular weight is 950 g/mol. The minimum Gasteiger partial charge on any atom is -0.756 e. The quantitative estimate of drug-likeness (QED) is 0.0197. The second-order valence-corrected chi connectivity index (χ2v) is 21.3. The van der Waals surface area contributed by atoms with Gasteiger partial charge in [-0.2, -0.15) is 0 Å². The Hall–Kier alpha value is -1.54. The lowest BCUT2D eigenvalue weighted by atomic mass is 10.0. The summed E-state index contributed by atoms with van der Waals surface area (Å²) in [7, 11) is 1.36. The van der Waals surface area contributed by atoms with E-state index in [1.54, 1.807) is 0 Å². The number of likely N-dealkylation sites (N-methyl/N-ethyl adjacent to an activating group) is 1. The summed E-state index contributed by atoms with van der Waals surface area (Å²) in [5, 5.41) is 0. The summed E-state index contributed by atoms with van der Waals surface area (Å²) in [6.07, 6.45) is 62.9. The molecule has 0 bridgehead atoms. The van der Waals surface area contributed by atoms with E-state index in [1.807, 2.05) is 21.1 Å². The standard InChI is InChI=1S/C57H108NO7P/c1-6-8-10-12-14-16-18-20-22-24-26-28-29-31-33-35-37-39-41-43-45-47-49-52-62-54-56(55-64-66(60,61)63-53-51-58(3,4)5)65-57(59)50-48-46-44-42-40-38-36-34-32-30-27-25-23-21-19-17-15-13-11-9-7-2/h9,11,15,17,21,23,27,30,56H,6-8,10,12-14,16,18-20,22,24-26,28-29,31-55H2,1-5H3/b11-9-,17-15-,23-21-,30-27-. The molecular weight excluding hydrogens is 842 g/mol. The lowest BCUT2D eigenvalue weighted by Crippen LogP contribution is -2.37. The predicted octanol–water partition coefficient (Wildman–Crippen LogP) is 16.8. The van der Waals surface area contributed by atoms with E-state index in [9.17, 15) is 14.3 Å². The van der Waals surface area contributed by atoms with Crippen LogP contribution in [-0.2, 0) is 27.9 Å². The Balaban J connectivity index is 4.08. The summed E-state index contributed by atoms with van der Waals surface area (Å²) in [5.74, 6) is -0.339. The minimum absolute atomic E-state index is 0.0246. The van der Waals surface area contributed by atoms with Crippen molar-refractivity contribution in [3.8, 4) is 0 Å². The molecule has 0 amide bonds. The first-order chi connectivity index (χ1) is 32.1. The number of hydrogen-bond acceptors (Lipinski definition) is 7. The largest absolute Gasteiger partial charge is 0.756 e. The van der Waals surface area contributed by atoms with Gasteiger partial charge in [0.05, 0.1) is 34.4 Å². The molecule has 0 aromatic rings. The Kier molecular flexibility index (Phi) is 48.7. The number of phosphoric acid groups is 1. The number of quaternary nitrogens is 1. The molecule has 8 nitrogen and oxygen atoms in total. The third kappa shape index (κ3) is 53.4. The Bertz CT molecular complexity index is 1200. The number of ether oxygens (including phenoxy) is 2. The van der Waals surface area contributed by atoms with Crippen molar-refractivity contribution >= 4 is 13.8 Å². The summed E-state index contributed by atoms with van der Waals surface area (Å²) in [4.78, 5) is 25.2. The fourth-order valence-electron chi connectivity index (χ4n) is 7.89. The monoisotopic (exact) mass is 950 g/mol. The second-order valence-electron chi connectivity index (χ2n) is 19.9. The van der Waals surface area contributed by atoms with E-state index < -0.39 is 13.9 Å². The SMILES string of the molecule is CC/C=C\C/C=C\C/C=C\C/C=C\CCCCCCCCCCC(=O)OC(COCCCCCCCCCCCCCCCCCCCCCCCCC)COP(=O)([O-])OCC[N+](C)(C)C. The van der Waals surface area contributed by atoms with Crippen molar-refractivity contribution < 1.29 is 37.3 Å². The van der Waals surface area contributed by atoms with Crippen molar-refractivity contribution in [2.24, 2.45) is 0 Å². The van der Waals surface area contributed by atoms with E-state index >= 15 is 0 Å². The van der Waals surface area contributed by atoms with Gasteiger partial charge in [-0.25, -0.2) is 0 Å². The van der Waals surface area contributed by atoms with E-state index in [-0.39, 0.29) is 25.8 Å². The number of carbonyl (C=O) groups excluding carboxylic acids is 1. The highest BCUT2D eigenvalue weighted by Gasteiger charge is 2.20. The van der Waals surface area contributed by atoms with Crippen LogP contribution in [0.15, 0.2) is 48.6 Å². The van der Waals surface area contributed by atoms with Gasteiger partial charge in [0.25, 0.3) is 7.82 Å². The lowest BCUT2D eigenvalue weighted by molar-refractivity contribution is -0.870. The maximum atomic E-state index is 12.8. The number of unbranched alkanes of at least 4 members (excludes halogenated alkanes) is 30. The highest BCUT2D eigenvalue weighted by Crippen LogP contribution is 2.38. The number of nitrogens with zero attached hydrogens (tertiary/aromatic N) is 1. The fraction of sp³-hybridized carbons (Fsp3) is 0.842. The Labute approximate surface area is 409 Å². The molecule has 2 atom stereocenters. The topological polar surface area (TPSA) is 94.1 Å². The summed E-state index contributed by atoms with van der Waals surface area (Å²) in [5.41, 5.74) is 0. The first-order valence-electron chi connectivity index (χ1n) is 27.9. The van der Waals surface area contributed by atoms with Gasteiger partial charge in [-0.3, -0.25) is 9.36 Å². The van der Waals surface area contributed by atoms with Gasteiger partial charge in [-0.15, -0.1) is 0 Å². The Morgan fingerprint density at radius 2 is 0.879 bits per heavy atom. The minimum atomic E-state index is -4.54. The van der Waals surface area contributed by atoms with Gasteiger partial charge >= 0.3 is 5.97 Å². The number of carbonyl (C=O) groups is 1. The molecule has 0 aliphatic rings. The van der Waals surface area contributed by atoms with Crippen molar-refractivity contribution in [1.82, 2.24) is 0 Å². The molecule has 0 aromatic heterocycles. The van der Waals surface area contributed by atoms with E-state index in [0.29, 0.717) is 24.1 Å². The molecule has 66 heavy (non-hydrogen) atoms. The van der Waals surface area contributed by atoms with E-state index in [1.165, 1.54) is 167 Å². The molecule has 0 N–H and O–H groups in total. The van der Waals surface area contributed by atoms with Crippen molar-refractivity contribution in [3.63, 3.8) is 0 Å². The van der Waals surface area contributed by atoms with Gasteiger partial charge in [-0.05, 0) is 51.4 Å².